The fourth-order valence-corrected chi connectivity index (χ4v) is 2.25. The van der Waals surface area contributed by atoms with Gasteiger partial charge in [-0.2, -0.15) is 8.42 Å². The molecule has 0 aliphatic heterocycles. The van der Waals surface area contributed by atoms with E-state index < -0.39 is 27.9 Å². The monoisotopic (exact) mass is 301 g/mol. The molecule has 0 bridgehead atoms. The van der Waals surface area contributed by atoms with E-state index in [0.29, 0.717) is 12.1 Å². The fourth-order valence-electron chi connectivity index (χ4n) is 1.61. The summed E-state index contributed by atoms with van der Waals surface area (Å²) in [4.78, 5) is 11.8. The first-order valence-electron chi connectivity index (χ1n) is 6.27. The lowest BCUT2D eigenvalue weighted by molar-refractivity contribution is -0.144. The highest BCUT2D eigenvalue weighted by molar-refractivity contribution is 7.85. The summed E-state index contributed by atoms with van der Waals surface area (Å²) >= 11 is 0. The Kier molecular flexibility index (Phi) is 5.97. The normalized spacial score (nSPS) is 12.8. The van der Waals surface area contributed by atoms with E-state index in [-0.39, 0.29) is 6.61 Å². The summed E-state index contributed by atoms with van der Waals surface area (Å²) in [6, 6.07) is 5.99. The summed E-state index contributed by atoms with van der Waals surface area (Å²) in [5.41, 5.74) is 1.48. The van der Waals surface area contributed by atoms with Crippen molar-refractivity contribution in [2.75, 3.05) is 17.7 Å². The molecule has 0 aliphatic carbocycles. The van der Waals surface area contributed by atoms with Gasteiger partial charge in [0.05, 0.1) is 6.61 Å². The molecule has 1 atom stereocenters. The lowest BCUT2D eigenvalue weighted by Gasteiger charge is -2.18. The summed E-state index contributed by atoms with van der Waals surface area (Å²) < 4.78 is 35.9. The number of ether oxygens (including phenoxy) is 1. The molecule has 0 spiro atoms. The maximum atomic E-state index is 11.8. The number of aryl methyl sites for hydroxylation is 1. The van der Waals surface area contributed by atoms with Crippen molar-refractivity contribution in [1.29, 1.82) is 0 Å². The summed E-state index contributed by atoms with van der Waals surface area (Å²) in [7, 11) is -4.29. The van der Waals surface area contributed by atoms with Gasteiger partial charge >= 0.3 is 5.97 Å². The van der Waals surface area contributed by atoms with Gasteiger partial charge in [0.1, 0.15) is 11.8 Å². The lowest BCUT2D eigenvalue weighted by Crippen LogP contribution is -2.38. The maximum absolute atomic E-state index is 11.8. The number of nitrogens with one attached hydrogen (secondary N) is 1. The minimum atomic E-state index is -4.29. The van der Waals surface area contributed by atoms with Crippen LogP contribution < -0.4 is 5.32 Å². The Morgan fingerprint density at radius 2 is 2.05 bits per heavy atom. The van der Waals surface area contributed by atoms with E-state index in [9.17, 15) is 13.2 Å². The zero-order valence-electron chi connectivity index (χ0n) is 11.5. The van der Waals surface area contributed by atoms with E-state index in [1.165, 1.54) is 0 Å². The van der Waals surface area contributed by atoms with Gasteiger partial charge in [-0.15, -0.1) is 0 Å². The Labute approximate surface area is 118 Å². The summed E-state index contributed by atoms with van der Waals surface area (Å²) in [5.74, 6) is -1.43. The number of para-hydroxylation sites is 1. The second-order valence-corrected chi connectivity index (χ2v) is 5.93. The Bertz CT molecular complexity index is 556. The number of rotatable bonds is 7. The van der Waals surface area contributed by atoms with E-state index in [4.69, 9.17) is 9.29 Å². The third-order valence-electron chi connectivity index (χ3n) is 2.59. The number of anilines is 1. The molecule has 0 unspecified atom stereocenters. The van der Waals surface area contributed by atoms with Crippen LogP contribution in [0.3, 0.4) is 0 Å². The zero-order valence-corrected chi connectivity index (χ0v) is 12.3. The highest BCUT2D eigenvalue weighted by atomic mass is 32.2. The van der Waals surface area contributed by atoms with Crippen LogP contribution in [0.5, 0.6) is 0 Å². The van der Waals surface area contributed by atoms with Crippen LogP contribution in [0.15, 0.2) is 24.3 Å². The molecule has 0 heterocycles. The van der Waals surface area contributed by atoms with Crippen molar-refractivity contribution in [1.82, 2.24) is 0 Å². The van der Waals surface area contributed by atoms with Gasteiger partial charge in [0.2, 0.25) is 0 Å². The van der Waals surface area contributed by atoms with Crippen LogP contribution in [0.25, 0.3) is 0 Å². The Balaban J connectivity index is 2.88. The number of esters is 1. The molecule has 0 fully saturated rings. The van der Waals surface area contributed by atoms with E-state index in [2.05, 4.69) is 5.32 Å². The number of carbonyl (C=O) groups excluding carboxylic acids is 1. The Morgan fingerprint density at radius 1 is 1.40 bits per heavy atom. The third kappa shape index (κ3) is 5.58. The molecule has 1 aromatic rings. The standard InChI is InChI=1S/C13H19NO5S/c1-3-8-19-13(15)12(9-20(16,17)18)14-11-7-5-4-6-10(11)2/h4-7,12,14H,3,8-9H2,1-2H3,(H,16,17,18)/t12-/m0/s1. The van der Waals surface area contributed by atoms with Gasteiger partial charge in [0.25, 0.3) is 10.1 Å². The van der Waals surface area contributed by atoms with Crippen LogP contribution in [-0.2, 0) is 19.6 Å². The van der Waals surface area contributed by atoms with E-state index in [1.807, 2.05) is 26.0 Å². The van der Waals surface area contributed by atoms with Crippen LogP contribution in [0.2, 0.25) is 0 Å². The first-order valence-corrected chi connectivity index (χ1v) is 7.88. The van der Waals surface area contributed by atoms with E-state index >= 15 is 0 Å². The summed E-state index contributed by atoms with van der Waals surface area (Å²) in [5, 5.41) is 2.80. The molecule has 7 heteroatoms. The minimum absolute atomic E-state index is 0.205. The van der Waals surface area contributed by atoms with Gasteiger partial charge in [0.15, 0.2) is 0 Å². The van der Waals surface area contributed by atoms with Crippen LogP contribution in [0.1, 0.15) is 18.9 Å². The van der Waals surface area contributed by atoms with Crippen LogP contribution in [0, 0.1) is 6.92 Å². The topological polar surface area (TPSA) is 92.7 Å². The van der Waals surface area contributed by atoms with E-state index in [1.54, 1.807) is 12.1 Å². The molecule has 20 heavy (non-hydrogen) atoms. The number of carbonyl (C=O) groups is 1. The highest BCUT2D eigenvalue weighted by Crippen LogP contribution is 2.15. The molecule has 0 saturated heterocycles. The molecular formula is C13H19NO5S. The molecule has 0 amide bonds. The number of hydrogen-bond acceptors (Lipinski definition) is 5. The predicted octanol–water partition coefficient (Wildman–Crippen LogP) is 1.62. The van der Waals surface area contributed by atoms with Crippen molar-refractivity contribution in [2.45, 2.75) is 26.3 Å². The van der Waals surface area contributed by atoms with Crippen molar-refractivity contribution in [2.24, 2.45) is 0 Å². The molecule has 1 rings (SSSR count). The smallest absolute Gasteiger partial charge is 0.329 e. The molecule has 0 aliphatic rings. The molecular weight excluding hydrogens is 282 g/mol. The van der Waals surface area contributed by atoms with Crippen molar-refractivity contribution in [3.05, 3.63) is 29.8 Å². The SMILES string of the molecule is CCCOC(=O)[C@H](CS(=O)(=O)O)Nc1ccccc1C. The average molecular weight is 301 g/mol. The molecule has 0 radical (unpaired) electrons. The van der Waals surface area contributed by atoms with E-state index in [0.717, 1.165) is 5.56 Å². The average Bonchev–Trinajstić information content (AvgIpc) is 2.36. The molecule has 2 N–H and O–H groups in total. The van der Waals surface area contributed by atoms with Crippen molar-refractivity contribution < 1.29 is 22.5 Å². The quantitative estimate of drug-likeness (QED) is 0.587. The van der Waals surface area contributed by atoms with Crippen LogP contribution >= 0.6 is 0 Å². The molecule has 112 valence electrons. The predicted molar refractivity (Wildman–Crippen MR) is 76.3 cm³/mol. The second kappa shape index (κ2) is 7.25. The second-order valence-electron chi connectivity index (χ2n) is 4.43. The molecule has 6 nitrogen and oxygen atoms in total. The molecule has 1 aromatic carbocycles. The minimum Gasteiger partial charge on any atom is -0.464 e. The first-order chi connectivity index (χ1) is 9.33. The van der Waals surface area contributed by atoms with Crippen molar-refractivity contribution >= 4 is 21.8 Å². The van der Waals surface area contributed by atoms with Gasteiger partial charge in [-0.3, -0.25) is 4.55 Å². The van der Waals surface area contributed by atoms with Gasteiger partial charge in [-0.1, -0.05) is 25.1 Å². The maximum Gasteiger partial charge on any atom is 0.329 e. The summed E-state index contributed by atoms with van der Waals surface area (Å²) in [6.07, 6.45) is 0.634. The first kappa shape index (κ1) is 16.5. The van der Waals surface area contributed by atoms with Gasteiger partial charge < -0.3 is 10.1 Å². The fraction of sp³-hybridized carbons (Fsp3) is 0.462. The molecule has 0 saturated carbocycles. The third-order valence-corrected chi connectivity index (χ3v) is 3.34. The highest BCUT2D eigenvalue weighted by Gasteiger charge is 2.26. The zero-order chi connectivity index (χ0) is 15.2. The van der Waals surface area contributed by atoms with Gasteiger partial charge in [-0.25, -0.2) is 4.79 Å². The largest absolute Gasteiger partial charge is 0.464 e. The van der Waals surface area contributed by atoms with Crippen LogP contribution in [-0.4, -0.2) is 37.3 Å². The van der Waals surface area contributed by atoms with Crippen LogP contribution in [0.4, 0.5) is 5.69 Å². The Morgan fingerprint density at radius 3 is 2.60 bits per heavy atom. The van der Waals surface area contributed by atoms with Crippen molar-refractivity contribution in [3.63, 3.8) is 0 Å². The number of hydrogen-bond donors (Lipinski definition) is 2. The summed E-state index contributed by atoms with van der Waals surface area (Å²) in [6.45, 7) is 3.86. The lowest BCUT2D eigenvalue weighted by atomic mass is 10.2. The Hall–Kier alpha value is -1.60. The molecule has 0 aromatic heterocycles. The van der Waals surface area contributed by atoms with Gasteiger partial charge in [-0.05, 0) is 25.0 Å². The van der Waals surface area contributed by atoms with Gasteiger partial charge in [0, 0.05) is 5.69 Å². The number of benzene rings is 1. The van der Waals surface area contributed by atoms with Crippen molar-refractivity contribution in [3.8, 4) is 0 Å².